The maximum atomic E-state index is 12.7. The summed E-state index contributed by atoms with van der Waals surface area (Å²) in [5, 5.41) is 20.6. The van der Waals surface area contributed by atoms with Crippen molar-refractivity contribution in [3.05, 3.63) is 33.9 Å². The van der Waals surface area contributed by atoms with E-state index in [1.54, 1.807) is 0 Å². The van der Waals surface area contributed by atoms with Crippen LogP contribution in [0.15, 0.2) is 18.2 Å². The summed E-state index contributed by atoms with van der Waals surface area (Å²) in [4.78, 5) is 35.9. The van der Waals surface area contributed by atoms with E-state index in [0.29, 0.717) is 25.7 Å². The standard InChI is InChI=1S/C15H19N3O5/c1-17(15(14(20)21)8-3-2-4-9-15)13(19)10-6-5-7-11(12(10)16)18(22)23/h5-7H,2-4,8-9,16H2,1H3,(H,20,21). The molecule has 1 amide bonds. The van der Waals surface area contributed by atoms with E-state index in [1.807, 2.05) is 0 Å². The quantitative estimate of drug-likeness (QED) is 0.496. The van der Waals surface area contributed by atoms with E-state index in [2.05, 4.69) is 0 Å². The van der Waals surface area contributed by atoms with Crippen LogP contribution in [0.25, 0.3) is 0 Å². The first-order valence-electron chi connectivity index (χ1n) is 7.35. The van der Waals surface area contributed by atoms with Gasteiger partial charge in [-0.25, -0.2) is 4.79 Å². The Kier molecular flexibility index (Phi) is 4.53. The van der Waals surface area contributed by atoms with Crippen LogP contribution in [0.5, 0.6) is 0 Å². The molecule has 1 aromatic rings. The topological polar surface area (TPSA) is 127 Å². The number of nitrogens with zero attached hydrogens (tertiary/aromatic N) is 2. The van der Waals surface area contributed by atoms with Crippen LogP contribution in [0, 0.1) is 10.1 Å². The lowest BCUT2D eigenvalue weighted by molar-refractivity contribution is -0.383. The molecular formula is C15H19N3O5. The van der Waals surface area contributed by atoms with Crippen molar-refractivity contribution in [1.29, 1.82) is 0 Å². The van der Waals surface area contributed by atoms with Crippen molar-refractivity contribution in [2.24, 2.45) is 0 Å². The predicted molar refractivity (Wildman–Crippen MR) is 83.1 cm³/mol. The average molecular weight is 321 g/mol. The molecule has 1 saturated carbocycles. The van der Waals surface area contributed by atoms with Crippen LogP contribution < -0.4 is 5.73 Å². The monoisotopic (exact) mass is 321 g/mol. The molecule has 8 heteroatoms. The Morgan fingerprint density at radius 3 is 2.43 bits per heavy atom. The second-order valence-corrected chi connectivity index (χ2v) is 5.76. The van der Waals surface area contributed by atoms with Crippen LogP contribution in [-0.4, -0.2) is 39.4 Å². The fraction of sp³-hybridized carbons (Fsp3) is 0.467. The zero-order valence-corrected chi connectivity index (χ0v) is 12.8. The van der Waals surface area contributed by atoms with Crippen LogP contribution in [0.4, 0.5) is 11.4 Å². The minimum absolute atomic E-state index is 0.0482. The number of carbonyl (C=O) groups is 2. The number of likely N-dealkylation sites (N-methyl/N-ethyl adjacent to an activating group) is 1. The fourth-order valence-electron chi connectivity index (χ4n) is 3.10. The highest BCUT2D eigenvalue weighted by Crippen LogP contribution is 2.35. The van der Waals surface area contributed by atoms with Crippen molar-refractivity contribution in [2.45, 2.75) is 37.6 Å². The van der Waals surface area contributed by atoms with Gasteiger partial charge in [-0.3, -0.25) is 14.9 Å². The van der Waals surface area contributed by atoms with Crippen molar-refractivity contribution in [3.8, 4) is 0 Å². The maximum Gasteiger partial charge on any atom is 0.329 e. The molecule has 0 atom stereocenters. The molecular weight excluding hydrogens is 302 g/mol. The van der Waals surface area contributed by atoms with Gasteiger partial charge in [0.25, 0.3) is 11.6 Å². The van der Waals surface area contributed by atoms with Gasteiger partial charge in [-0.15, -0.1) is 0 Å². The van der Waals surface area contributed by atoms with Gasteiger partial charge in [0.2, 0.25) is 0 Å². The average Bonchev–Trinajstić information content (AvgIpc) is 2.54. The number of nitro benzene ring substituents is 1. The number of hydrogen-bond acceptors (Lipinski definition) is 5. The lowest BCUT2D eigenvalue weighted by atomic mass is 9.80. The van der Waals surface area contributed by atoms with Crippen LogP contribution in [0.3, 0.4) is 0 Å². The molecule has 0 aliphatic heterocycles. The molecule has 0 spiro atoms. The van der Waals surface area contributed by atoms with E-state index in [1.165, 1.54) is 30.1 Å². The molecule has 8 nitrogen and oxygen atoms in total. The molecule has 0 saturated heterocycles. The zero-order chi connectivity index (χ0) is 17.2. The fourth-order valence-corrected chi connectivity index (χ4v) is 3.10. The SMILES string of the molecule is CN(C(=O)c1cccc([N+](=O)[O-])c1N)C1(C(=O)O)CCCCC1. The molecule has 0 unspecified atom stereocenters. The molecule has 2 rings (SSSR count). The Balaban J connectivity index is 2.41. The van der Waals surface area contributed by atoms with Crippen LogP contribution in [0.1, 0.15) is 42.5 Å². The largest absolute Gasteiger partial charge is 0.479 e. The van der Waals surface area contributed by atoms with Crippen LogP contribution in [0.2, 0.25) is 0 Å². The summed E-state index contributed by atoms with van der Waals surface area (Å²) < 4.78 is 0. The Labute approximate surface area is 133 Å². The molecule has 1 fully saturated rings. The first-order valence-corrected chi connectivity index (χ1v) is 7.35. The second kappa shape index (κ2) is 6.23. The maximum absolute atomic E-state index is 12.7. The third kappa shape index (κ3) is 2.84. The summed E-state index contributed by atoms with van der Waals surface area (Å²) >= 11 is 0. The van der Waals surface area contributed by atoms with Gasteiger partial charge in [-0.1, -0.05) is 25.3 Å². The third-order valence-corrected chi connectivity index (χ3v) is 4.54. The van der Waals surface area contributed by atoms with E-state index in [-0.39, 0.29) is 16.9 Å². The van der Waals surface area contributed by atoms with E-state index < -0.39 is 22.3 Å². The van der Waals surface area contributed by atoms with Gasteiger partial charge in [-0.2, -0.15) is 0 Å². The summed E-state index contributed by atoms with van der Waals surface area (Å²) in [5.74, 6) is -1.67. The van der Waals surface area contributed by atoms with Crippen molar-refractivity contribution in [2.75, 3.05) is 12.8 Å². The number of carboxylic acid groups (broad SMARTS) is 1. The van der Waals surface area contributed by atoms with Crippen LogP contribution in [-0.2, 0) is 4.79 Å². The summed E-state index contributed by atoms with van der Waals surface area (Å²) in [5.41, 5.74) is 3.79. The van der Waals surface area contributed by atoms with Gasteiger partial charge in [-0.05, 0) is 18.9 Å². The molecule has 1 aliphatic carbocycles. The number of nitrogens with two attached hydrogens (primary N) is 1. The van der Waals surface area contributed by atoms with Gasteiger partial charge >= 0.3 is 5.97 Å². The van der Waals surface area contributed by atoms with Crippen LogP contribution >= 0.6 is 0 Å². The summed E-state index contributed by atoms with van der Waals surface area (Å²) in [6, 6.07) is 3.95. The molecule has 0 bridgehead atoms. The molecule has 124 valence electrons. The number of nitrogen functional groups attached to an aromatic ring is 1. The van der Waals surface area contributed by atoms with Crippen molar-refractivity contribution >= 4 is 23.3 Å². The molecule has 1 aromatic carbocycles. The summed E-state index contributed by atoms with van der Waals surface area (Å²) in [6.45, 7) is 0. The zero-order valence-electron chi connectivity index (χ0n) is 12.8. The number of rotatable bonds is 4. The summed E-state index contributed by atoms with van der Waals surface area (Å²) in [6.07, 6.45) is 3.08. The van der Waals surface area contributed by atoms with Crippen molar-refractivity contribution in [3.63, 3.8) is 0 Å². The van der Waals surface area contributed by atoms with Crippen molar-refractivity contribution < 1.29 is 19.6 Å². The summed E-state index contributed by atoms with van der Waals surface area (Å²) in [7, 11) is 1.42. The van der Waals surface area contributed by atoms with Gasteiger partial charge in [0.1, 0.15) is 11.2 Å². The first kappa shape index (κ1) is 16.7. The highest BCUT2D eigenvalue weighted by molar-refractivity contribution is 6.03. The smallest absolute Gasteiger partial charge is 0.329 e. The first-order chi connectivity index (χ1) is 10.8. The number of benzene rings is 1. The predicted octanol–water partition coefficient (Wildman–Crippen LogP) is 2.04. The van der Waals surface area contributed by atoms with E-state index >= 15 is 0 Å². The van der Waals surface area contributed by atoms with E-state index in [0.717, 1.165) is 6.42 Å². The normalized spacial score (nSPS) is 16.6. The van der Waals surface area contributed by atoms with E-state index in [9.17, 15) is 24.8 Å². The Morgan fingerprint density at radius 2 is 1.91 bits per heavy atom. The number of carbonyl (C=O) groups excluding carboxylic acids is 1. The Bertz CT molecular complexity index is 653. The van der Waals surface area contributed by atoms with Gasteiger partial charge < -0.3 is 15.7 Å². The highest BCUT2D eigenvalue weighted by atomic mass is 16.6. The van der Waals surface area contributed by atoms with Gasteiger partial charge in [0.15, 0.2) is 0 Å². The molecule has 1 aliphatic rings. The molecule has 3 N–H and O–H groups in total. The highest BCUT2D eigenvalue weighted by Gasteiger charge is 2.46. The number of nitro groups is 1. The Morgan fingerprint density at radius 1 is 1.30 bits per heavy atom. The molecule has 0 heterocycles. The number of para-hydroxylation sites is 1. The minimum Gasteiger partial charge on any atom is -0.479 e. The molecule has 23 heavy (non-hydrogen) atoms. The lowest BCUT2D eigenvalue weighted by Crippen LogP contribution is -2.56. The number of carboxylic acids is 1. The van der Waals surface area contributed by atoms with E-state index in [4.69, 9.17) is 5.73 Å². The molecule has 0 radical (unpaired) electrons. The van der Waals surface area contributed by atoms with Gasteiger partial charge in [0.05, 0.1) is 10.5 Å². The molecule has 0 aromatic heterocycles. The lowest BCUT2D eigenvalue weighted by Gasteiger charge is -2.41. The third-order valence-electron chi connectivity index (χ3n) is 4.54. The number of aliphatic carboxylic acids is 1. The Hall–Kier alpha value is -2.64. The van der Waals surface area contributed by atoms with Gasteiger partial charge in [0, 0.05) is 13.1 Å². The number of amides is 1. The van der Waals surface area contributed by atoms with Crippen molar-refractivity contribution in [1.82, 2.24) is 4.90 Å². The number of anilines is 1. The number of hydrogen-bond donors (Lipinski definition) is 2. The minimum atomic E-state index is -1.29. The second-order valence-electron chi connectivity index (χ2n) is 5.76.